The lowest BCUT2D eigenvalue weighted by Gasteiger charge is -2.07. The molecule has 1 rings (SSSR count). The fourth-order valence-electron chi connectivity index (χ4n) is 1.94. The molecule has 0 spiro atoms. The molecule has 120 valence electrons. The van der Waals surface area contributed by atoms with Crippen molar-refractivity contribution >= 4 is 23.6 Å². The Morgan fingerprint density at radius 1 is 0.955 bits per heavy atom. The van der Waals surface area contributed by atoms with Crippen LogP contribution in [-0.4, -0.2) is 41.4 Å². The van der Waals surface area contributed by atoms with E-state index in [1.54, 1.807) is 51.4 Å². The van der Waals surface area contributed by atoms with Gasteiger partial charge in [0.25, 0.3) is 0 Å². The van der Waals surface area contributed by atoms with Crippen LogP contribution in [0.2, 0.25) is 0 Å². The van der Waals surface area contributed by atoms with Crippen LogP contribution in [0.4, 0.5) is 9.59 Å². The number of nitrogens with zero attached hydrogens (tertiary/aromatic N) is 3. The SMILES string of the molecule is CCOC(=O)/N=C(\C)c1ccc(/C(C)=N/C(=O)OCC)n1C. The van der Waals surface area contributed by atoms with Gasteiger partial charge in [-0.15, -0.1) is 0 Å². The Balaban J connectivity index is 3.03. The molecule has 0 saturated heterocycles. The summed E-state index contributed by atoms with van der Waals surface area (Å²) in [5.41, 5.74) is 2.52. The monoisotopic (exact) mass is 307 g/mol. The number of carbonyl (C=O) groups excluding carboxylic acids is 2. The molecule has 0 N–H and O–H groups in total. The van der Waals surface area contributed by atoms with Crippen molar-refractivity contribution in [2.24, 2.45) is 17.0 Å². The van der Waals surface area contributed by atoms with Crippen molar-refractivity contribution in [3.63, 3.8) is 0 Å². The van der Waals surface area contributed by atoms with Gasteiger partial charge >= 0.3 is 12.2 Å². The van der Waals surface area contributed by atoms with Gasteiger partial charge in [0.15, 0.2) is 0 Å². The molecule has 22 heavy (non-hydrogen) atoms. The minimum atomic E-state index is -0.625. The maximum absolute atomic E-state index is 11.4. The molecule has 0 aliphatic heterocycles. The summed E-state index contributed by atoms with van der Waals surface area (Å²) >= 11 is 0. The van der Waals surface area contributed by atoms with E-state index in [0.717, 1.165) is 11.4 Å². The predicted molar refractivity (Wildman–Crippen MR) is 83.9 cm³/mol. The first kappa shape index (κ1) is 17.6. The van der Waals surface area contributed by atoms with Gasteiger partial charge in [-0.1, -0.05) is 0 Å². The number of ether oxygens (including phenoxy) is 2. The molecular weight excluding hydrogens is 286 g/mol. The van der Waals surface area contributed by atoms with Crippen LogP contribution < -0.4 is 0 Å². The van der Waals surface area contributed by atoms with Gasteiger partial charge in [-0.05, 0) is 39.8 Å². The van der Waals surface area contributed by atoms with E-state index >= 15 is 0 Å². The van der Waals surface area contributed by atoms with Gasteiger partial charge in [-0.25, -0.2) is 9.59 Å². The van der Waals surface area contributed by atoms with E-state index in [1.807, 2.05) is 0 Å². The average molecular weight is 307 g/mol. The lowest BCUT2D eigenvalue weighted by molar-refractivity contribution is 0.162. The molecule has 7 nitrogen and oxygen atoms in total. The van der Waals surface area contributed by atoms with E-state index in [2.05, 4.69) is 9.98 Å². The summed E-state index contributed by atoms with van der Waals surface area (Å²) in [5, 5.41) is 0. The molecule has 0 aromatic carbocycles. The molecule has 2 amide bonds. The van der Waals surface area contributed by atoms with Crippen molar-refractivity contribution in [3.05, 3.63) is 23.5 Å². The molecule has 0 atom stereocenters. The molecule has 0 unspecified atom stereocenters. The number of hydrogen-bond donors (Lipinski definition) is 0. The molecule has 1 aromatic heterocycles. The summed E-state index contributed by atoms with van der Waals surface area (Å²) in [6, 6.07) is 3.61. The zero-order valence-corrected chi connectivity index (χ0v) is 13.5. The number of carbonyl (C=O) groups is 2. The highest BCUT2D eigenvalue weighted by atomic mass is 16.5. The van der Waals surface area contributed by atoms with Crippen molar-refractivity contribution in [2.75, 3.05) is 13.2 Å². The topological polar surface area (TPSA) is 82.2 Å². The van der Waals surface area contributed by atoms with E-state index in [9.17, 15) is 9.59 Å². The number of aromatic nitrogens is 1. The van der Waals surface area contributed by atoms with Crippen molar-refractivity contribution < 1.29 is 19.1 Å². The van der Waals surface area contributed by atoms with Crippen LogP contribution in [0.5, 0.6) is 0 Å². The first-order valence-electron chi connectivity index (χ1n) is 7.01. The third kappa shape index (κ3) is 4.54. The zero-order valence-electron chi connectivity index (χ0n) is 13.5. The Labute approximate surface area is 129 Å². The fraction of sp³-hybridized carbons (Fsp3) is 0.467. The molecule has 0 aliphatic carbocycles. The standard InChI is InChI=1S/C15H21N3O4/c1-6-21-14(19)16-10(3)12-8-9-13(18(12)5)11(4)17-15(20)22-7-2/h8-9H,6-7H2,1-5H3/b16-10+,17-11+. The Morgan fingerprint density at radius 3 is 1.64 bits per heavy atom. The molecule has 0 radical (unpaired) electrons. The van der Waals surface area contributed by atoms with E-state index in [1.165, 1.54) is 0 Å². The summed E-state index contributed by atoms with van der Waals surface area (Å²) in [6.45, 7) is 7.43. The second-order valence-electron chi connectivity index (χ2n) is 4.46. The summed E-state index contributed by atoms with van der Waals surface area (Å²) in [5.74, 6) is 0. The Morgan fingerprint density at radius 2 is 1.32 bits per heavy atom. The molecule has 0 saturated carbocycles. The van der Waals surface area contributed by atoms with Gasteiger partial charge in [0.05, 0.1) is 36.0 Å². The number of amides is 2. The number of rotatable bonds is 4. The third-order valence-corrected chi connectivity index (χ3v) is 2.92. The number of aliphatic imine (C=N–C) groups is 2. The molecule has 0 fully saturated rings. The van der Waals surface area contributed by atoms with Crippen LogP contribution in [0.3, 0.4) is 0 Å². The van der Waals surface area contributed by atoms with Gasteiger partial charge in [0, 0.05) is 7.05 Å². The minimum Gasteiger partial charge on any atom is -0.448 e. The second kappa shape index (κ2) is 8.11. The minimum absolute atomic E-state index is 0.277. The molecule has 0 bridgehead atoms. The highest BCUT2D eigenvalue weighted by molar-refractivity contribution is 6.06. The Bertz CT molecular complexity index is 563. The van der Waals surface area contributed by atoms with Crippen molar-refractivity contribution in [2.45, 2.75) is 27.7 Å². The van der Waals surface area contributed by atoms with Crippen LogP contribution >= 0.6 is 0 Å². The third-order valence-electron chi connectivity index (χ3n) is 2.92. The van der Waals surface area contributed by atoms with Crippen LogP contribution in [0, 0.1) is 0 Å². The molecule has 7 heteroatoms. The van der Waals surface area contributed by atoms with Crippen LogP contribution in [0.15, 0.2) is 22.1 Å². The summed E-state index contributed by atoms with van der Waals surface area (Å²) in [7, 11) is 1.80. The van der Waals surface area contributed by atoms with E-state index in [0.29, 0.717) is 11.4 Å². The highest BCUT2D eigenvalue weighted by Gasteiger charge is 2.12. The first-order chi connectivity index (χ1) is 10.4. The fourth-order valence-corrected chi connectivity index (χ4v) is 1.94. The average Bonchev–Trinajstić information content (AvgIpc) is 2.81. The highest BCUT2D eigenvalue weighted by Crippen LogP contribution is 2.11. The second-order valence-corrected chi connectivity index (χ2v) is 4.46. The largest absolute Gasteiger partial charge is 0.448 e. The number of hydrogen-bond acceptors (Lipinski definition) is 4. The van der Waals surface area contributed by atoms with Crippen LogP contribution in [0.25, 0.3) is 0 Å². The van der Waals surface area contributed by atoms with Gasteiger partial charge in [-0.3, -0.25) is 0 Å². The van der Waals surface area contributed by atoms with E-state index in [-0.39, 0.29) is 13.2 Å². The maximum atomic E-state index is 11.4. The molecule has 0 aliphatic rings. The molecular formula is C15H21N3O4. The van der Waals surface area contributed by atoms with Crippen LogP contribution in [-0.2, 0) is 16.5 Å². The van der Waals surface area contributed by atoms with Gasteiger partial charge in [0.1, 0.15) is 0 Å². The molecule has 1 heterocycles. The molecule has 1 aromatic rings. The van der Waals surface area contributed by atoms with Gasteiger partial charge < -0.3 is 14.0 Å². The van der Waals surface area contributed by atoms with E-state index < -0.39 is 12.2 Å². The van der Waals surface area contributed by atoms with Gasteiger partial charge in [-0.2, -0.15) is 9.98 Å². The smallest absolute Gasteiger partial charge is 0.433 e. The van der Waals surface area contributed by atoms with Gasteiger partial charge in [0.2, 0.25) is 0 Å². The zero-order chi connectivity index (χ0) is 16.7. The quantitative estimate of drug-likeness (QED) is 0.801. The Hall–Kier alpha value is -2.44. The lowest BCUT2D eigenvalue weighted by Crippen LogP contribution is -2.12. The Kier molecular flexibility index (Phi) is 6.49. The van der Waals surface area contributed by atoms with Crippen molar-refractivity contribution in [1.82, 2.24) is 4.57 Å². The van der Waals surface area contributed by atoms with Crippen LogP contribution in [0.1, 0.15) is 39.1 Å². The normalized spacial score (nSPS) is 12.2. The summed E-state index contributed by atoms with van der Waals surface area (Å²) < 4.78 is 11.4. The van der Waals surface area contributed by atoms with Crippen molar-refractivity contribution in [3.8, 4) is 0 Å². The predicted octanol–water partition coefficient (Wildman–Crippen LogP) is 2.96. The summed E-state index contributed by atoms with van der Waals surface area (Å²) in [4.78, 5) is 30.5. The van der Waals surface area contributed by atoms with Crippen molar-refractivity contribution in [1.29, 1.82) is 0 Å². The first-order valence-corrected chi connectivity index (χ1v) is 7.01. The van der Waals surface area contributed by atoms with E-state index in [4.69, 9.17) is 9.47 Å². The maximum Gasteiger partial charge on any atom is 0.433 e. The lowest BCUT2D eigenvalue weighted by atomic mass is 10.3. The summed E-state index contributed by atoms with van der Waals surface area (Å²) in [6.07, 6.45) is -1.25.